The molecule has 0 saturated carbocycles. The quantitative estimate of drug-likeness (QED) is 0.634. The SMILES string of the molecule is CC(C)c1cccc(C(C)C)c1OCO[PH](=O)O. The van der Waals surface area contributed by atoms with Gasteiger partial charge in [-0.2, -0.15) is 0 Å². The van der Waals surface area contributed by atoms with E-state index in [-0.39, 0.29) is 6.79 Å². The lowest BCUT2D eigenvalue weighted by Gasteiger charge is -2.19. The Balaban J connectivity index is 2.99. The minimum atomic E-state index is -2.94. The maximum atomic E-state index is 10.5. The summed E-state index contributed by atoms with van der Waals surface area (Å²) in [6.45, 7) is 8.14. The summed E-state index contributed by atoms with van der Waals surface area (Å²) in [4.78, 5) is 8.63. The first-order chi connectivity index (χ1) is 8.43. The lowest BCUT2D eigenvalue weighted by Crippen LogP contribution is -2.06. The largest absolute Gasteiger partial charge is 0.466 e. The zero-order chi connectivity index (χ0) is 13.7. The lowest BCUT2D eigenvalue weighted by molar-refractivity contribution is 0.112. The van der Waals surface area contributed by atoms with Crippen LogP contribution in [0.25, 0.3) is 0 Å². The van der Waals surface area contributed by atoms with E-state index in [1.807, 2.05) is 18.2 Å². The molecule has 4 nitrogen and oxygen atoms in total. The fraction of sp³-hybridized carbons (Fsp3) is 0.538. The fourth-order valence-corrected chi connectivity index (χ4v) is 1.95. The monoisotopic (exact) mass is 272 g/mol. The van der Waals surface area contributed by atoms with Gasteiger partial charge >= 0.3 is 8.25 Å². The summed E-state index contributed by atoms with van der Waals surface area (Å²) >= 11 is 0. The van der Waals surface area contributed by atoms with Crippen LogP contribution in [-0.4, -0.2) is 11.7 Å². The third-order valence-electron chi connectivity index (χ3n) is 2.71. The highest BCUT2D eigenvalue weighted by atomic mass is 31.1. The molecule has 0 amide bonds. The second-order valence-corrected chi connectivity index (χ2v) is 5.57. The fourth-order valence-electron chi connectivity index (χ4n) is 1.79. The van der Waals surface area contributed by atoms with Crippen LogP contribution in [0.5, 0.6) is 5.75 Å². The van der Waals surface area contributed by atoms with Gasteiger partial charge in [-0.25, -0.2) is 0 Å². The number of benzene rings is 1. The van der Waals surface area contributed by atoms with Gasteiger partial charge in [0.05, 0.1) is 0 Å². The third-order valence-corrected chi connectivity index (χ3v) is 3.07. The lowest BCUT2D eigenvalue weighted by atomic mass is 9.94. The van der Waals surface area contributed by atoms with Crippen molar-refractivity contribution in [1.82, 2.24) is 0 Å². The molecule has 0 aromatic heterocycles. The van der Waals surface area contributed by atoms with Crippen LogP contribution in [0.4, 0.5) is 0 Å². The summed E-state index contributed by atoms with van der Waals surface area (Å²) in [5.41, 5.74) is 2.17. The van der Waals surface area contributed by atoms with E-state index >= 15 is 0 Å². The van der Waals surface area contributed by atoms with Gasteiger partial charge in [0.15, 0.2) is 6.79 Å². The molecular weight excluding hydrogens is 251 g/mol. The smallest absolute Gasteiger partial charge is 0.319 e. The van der Waals surface area contributed by atoms with Crippen LogP contribution in [0.15, 0.2) is 18.2 Å². The van der Waals surface area contributed by atoms with Crippen LogP contribution >= 0.6 is 8.25 Å². The number of para-hydroxylation sites is 1. The summed E-state index contributed by atoms with van der Waals surface area (Å²) in [5, 5.41) is 0. The van der Waals surface area contributed by atoms with Gasteiger partial charge in [-0.1, -0.05) is 45.9 Å². The molecule has 1 rings (SSSR count). The normalized spacial score (nSPS) is 13.1. The molecule has 102 valence electrons. The van der Waals surface area contributed by atoms with Crippen LogP contribution in [0.3, 0.4) is 0 Å². The Labute approximate surface area is 109 Å². The number of rotatable bonds is 6. The van der Waals surface area contributed by atoms with Gasteiger partial charge < -0.3 is 9.63 Å². The van der Waals surface area contributed by atoms with Gasteiger partial charge in [-0.15, -0.1) is 0 Å². The van der Waals surface area contributed by atoms with Gasteiger partial charge in [-0.05, 0) is 23.0 Å². The van der Waals surface area contributed by atoms with Gasteiger partial charge in [0, 0.05) is 0 Å². The Morgan fingerprint density at radius 3 is 2.06 bits per heavy atom. The van der Waals surface area contributed by atoms with E-state index in [0.29, 0.717) is 11.8 Å². The van der Waals surface area contributed by atoms with E-state index in [1.165, 1.54) is 0 Å². The van der Waals surface area contributed by atoms with E-state index in [2.05, 4.69) is 32.2 Å². The highest BCUT2D eigenvalue weighted by Gasteiger charge is 2.15. The molecule has 0 aliphatic heterocycles. The molecule has 1 aromatic rings. The molecule has 0 heterocycles. The zero-order valence-electron chi connectivity index (χ0n) is 11.3. The topological polar surface area (TPSA) is 55.8 Å². The molecule has 1 atom stereocenters. The summed E-state index contributed by atoms with van der Waals surface area (Å²) in [6, 6.07) is 6.02. The predicted octanol–water partition coefficient (Wildman–Crippen LogP) is 3.67. The maximum absolute atomic E-state index is 10.5. The third kappa shape index (κ3) is 4.13. The second-order valence-electron chi connectivity index (χ2n) is 4.75. The molecule has 0 bridgehead atoms. The molecule has 0 aliphatic carbocycles. The molecule has 18 heavy (non-hydrogen) atoms. The minimum absolute atomic E-state index is 0.197. The molecule has 1 unspecified atom stereocenters. The summed E-state index contributed by atoms with van der Waals surface area (Å²) in [5.74, 6) is 1.42. The maximum Gasteiger partial charge on any atom is 0.319 e. The highest BCUT2D eigenvalue weighted by molar-refractivity contribution is 7.32. The number of hydrogen-bond acceptors (Lipinski definition) is 3. The van der Waals surface area contributed by atoms with Crippen LogP contribution in [-0.2, 0) is 9.09 Å². The van der Waals surface area contributed by atoms with Crippen molar-refractivity contribution in [2.45, 2.75) is 39.5 Å². The Morgan fingerprint density at radius 1 is 1.17 bits per heavy atom. The van der Waals surface area contributed by atoms with Crippen molar-refractivity contribution in [3.8, 4) is 5.75 Å². The standard InChI is InChI=1S/C13H21O4P/c1-9(2)11-6-5-7-12(10(3)4)13(11)16-8-17-18(14)15/h5-7,9-10,18H,8H2,1-4H3,(H,14,15). The minimum Gasteiger partial charge on any atom is -0.466 e. The average molecular weight is 272 g/mol. The molecule has 1 aromatic carbocycles. The Kier molecular flexibility index (Phi) is 5.86. The van der Waals surface area contributed by atoms with Crippen molar-refractivity contribution in [3.05, 3.63) is 29.3 Å². The van der Waals surface area contributed by atoms with Gasteiger partial charge in [-0.3, -0.25) is 9.09 Å². The summed E-state index contributed by atoms with van der Waals surface area (Å²) in [7, 11) is -2.94. The van der Waals surface area contributed by atoms with Crippen LogP contribution < -0.4 is 4.74 Å². The number of hydrogen-bond donors (Lipinski definition) is 1. The summed E-state index contributed by atoms with van der Waals surface area (Å²) < 4.78 is 20.6. The van der Waals surface area contributed by atoms with E-state index in [4.69, 9.17) is 9.63 Å². The molecule has 0 fully saturated rings. The van der Waals surface area contributed by atoms with Gasteiger partial charge in [0.25, 0.3) is 0 Å². The Bertz CT molecular complexity index is 389. The Morgan fingerprint density at radius 2 is 1.67 bits per heavy atom. The van der Waals surface area contributed by atoms with Crippen molar-refractivity contribution in [3.63, 3.8) is 0 Å². The van der Waals surface area contributed by atoms with E-state index < -0.39 is 8.25 Å². The van der Waals surface area contributed by atoms with Crippen molar-refractivity contribution in [2.75, 3.05) is 6.79 Å². The number of ether oxygens (including phenoxy) is 1. The van der Waals surface area contributed by atoms with Crippen molar-refractivity contribution >= 4 is 8.25 Å². The first-order valence-corrected chi connectivity index (χ1v) is 7.31. The van der Waals surface area contributed by atoms with Crippen molar-refractivity contribution < 1.29 is 18.7 Å². The predicted molar refractivity (Wildman–Crippen MR) is 72.4 cm³/mol. The molecule has 0 spiro atoms. The highest BCUT2D eigenvalue weighted by Crippen LogP contribution is 2.34. The molecule has 0 radical (unpaired) electrons. The van der Waals surface area contributed by atoms with Crippen LogP contribution in [0, 0.1) is 0 Å². The van der Waals surface area contributed by atoms with Crippen molar-refractivity contribution in [2.24, 2.45) is 0 Å². The molecule has 1 N–H and O–H groups in total. The van der Waals surface area contributed by atoms with Crippen molar-refractivity contribution in [1.29, 1.82) is 0 Å². The first-order valence-electron chi connectivity index (χ1n) is 6.04. The zero-order valence-corrected chi connectivity index (χ0v) is 12.3. The molecule has 0 aliphatic rings. The molecule has 0 saturated heterocycles. The van der Waals surface area contributed by atoms with Gasteiger partial charge in [0.2, 0.25) is 0 Å². The van der Waals surface area contributed by atoms with E-state index in [1.54, 1.807) is 0 Å². The van der Waals surface area contributed by atoms with Gasteiger partial charge in [0.1, 0.15) is 5.75 Å². The van der Waals surface area contributed by atoms with E-state index in [0.717, 1.165) is 16.9 Å². The molecular formula is C13H21O4P. The second kappa shape index (κ2) is 6.93. The van der Waals surface area contributed by atoms with Crippen LogP contribution in [0.1, 0.15) is 50.7 Å². The summed E-state index contributed by atoms with van der Waals surface area (Å²) in [6.07, 6.45) is 0. The average Bonchev–Trinajstić information content (AvgIpc) is 2.28. The Hall–Kier alpha value is -0.830. The molecule has 5 heteroatoms. The van der Waals surface area contributed by atoms with Crippen LogP contribution in [0.2, 0.25) is 0 Å². The first kappa shape index (κ1) is 15.2. The van der Waals surface area contributed by atoms with E-state index in [9.17, 15) is 4.57 Å².